The lowest BCUT2D eigenvalue weighted by molar-refractivity contribution is -0.120. The molecular formula is C18H17N3OS2. The van der Waals surface area contributed by atoms with Gasteiger partial charge in [-0.1, -0.05) is 35.6 Å². The van der Waals surface area contributed by atoms with Gasteiger partial charge in [-0.25, -0.2) is 4.98 Å². The van der Waals surface area contributed by atoms with E-state index in [-0.39, 0.29) is 11.8 Å². The average molecular weight is 355 g/mol. The number of aromatic nitrogens is 1. The van der Waals surface area contributed by atoms with Gasteiger partial charge in [0.2, 0.25) is 5.91 Å². The predicted octanol–water partition coefficient (Wildman–Crippen LogP) is 4.09. The number of hydrogen-bond donors (Lipinski definition) is 1. The van der Waals surface area contributed by atoms with Gasteiger partial charge in [0.05, 0.1) is 21.8 Å². The molecule has 0 saturated carbocycles. The zero-order valence-electron chi connectivity index (χ0n) is 13.2. The van der Waals surface area contributed by atoms with Crippen LogP contribution in [0.2, 0.25) is 0 Å². The van der Waals surface area contributed by atoms with Gasteiger partial charge in [0, 0.05) is 18.0 Å². The number of nitrogens with zero attached hydrogens (tertiary/aromatic N) is 2. The first kappa shape index (κ1) is 15.5. The normalized spacial score (nSPS) is 14.6. The van der Waals surface area contributed by atoms with Crippen LogP contribution in [0.4, 0.5) is 10.8 Å². The molecule has 1 fully saturated rings. The van der Waals surface area contributed by atoms with Crippen molar-refractivity contribution in [3.63, 3.8) is 0 Å². The van der Waals surface area contributed by atoms with Crippen LogP contribution in [0.25, 0.3) is 10.2 Å². The molecule has 24 heavy (non-hydrogen) atoms. The van der Waals surface area contributed by atoms with Gasteiger partial charge in [0.25, 0.3) is 0 Å². The minimum Gasteiger partial charge on any atom is -0.346 e. The molecule has 1 N–H and O–H groups in total. The molecule has 0 spiro atoms. The highest BCUT2D eigenvalue weighted by Gasteiger charge is 2.34. The Kier molecular flexibility index (Phi) is 4.16. The van der Waals surface area contributed by atoms with Crippen LogP contribution < -0.4 is 10.2 Å². The van der Waals surface area contributed by atoms with Crippen LogP contribution in [-0.2, 0) is 4.79 Å². The summed E-state index contributed by atoms with van der Waals surface area (Å²) in [6.07, 6.45) is 2.02. The highest BCUT2D eigenvalue weighted by atomic mass is 32.2. The lowest BCUT2D eigenvalue weighted by Gasteiger charge is -2.38. The first-order chi connectivity index (χ1) is 11.7. The number of amides is 1. The Bertz CT molecular complexity index is 854. The fraction of sp³-hybridized carbons (Fsp3) is 0.222. The maximum Gasteiger partial charge on any atom is 0.231 e. The SMILES string of the molecule is CSc1ccccc1NC(=O)C1CN(c2nc3ccccc3s2)C1. The molecule has 1 aliphatic rings. The summed E-state index contributed by atoms with van der Waals surface area (Å²) in [6, 6.07) is 16.0. The van der Waals surface area contributed by atoms with Crippen molar-refractivity contribution in [3.05, 3.63) is 48.5 Å². The van der Waals surface area contributed by atoms with Crippen LogP contribution in [0, 0.1) is 5.92 Å². The number of benzene rings is 2. The summed E-state index contributed by atoms with van der Waals surface area (Å²) >= 11 is 3.33. The van der Waals surface area contributed by atoms with Crippen LogP contribution >= 0.6 is 23.1 Å². The first-order valence-electron chi connectivity index (χ1n) is 7.79. The molecule has 4 nitrogen and oxygen atoms in total. The van der Waals surface area contributed by atoms with E-state index in [0.29, 0.717) is 0 Å². The average Bonchev–Trinajstić information content (AvgIpc) is 2.97. The predicted molar refractivity (Wildman–Crippen MR) is 102 cm³/mol. The fourth-order valence-corrected chi connectivity index (χ4v) is 4.32. The Labute approximate surface area is 148 Å². The molecule has 2 heterocycles. The quantitative estimate of drug-likeness (QED) is 0.716. The Morgan fingerprint density at radius 1 is 1.21 bits per heavy atom. The molecule has 4 rings (SSSR count). The van der Waals surface area contributed by atoms with E-state index < -0.39 is 0 Å². The Hall–Kier alpha value is -2.05. The van der Waals surface area contributed by atoms with Gasteiger partial charge in [-0.2, -0.15) is 0 Å². The molecule has 1 saturated heterocycles. The van der Waals surface area contributed by atoms with Crippen molar-refractivity contribution in [1.82, 2.24) is 4.98 Å². The molecule has 1 amide bonds. The smallest absolute Gasteiger partial charge is 0.231 e. The zero-order valence-corrected chi connectivity index (χ0v) is 14.9. The van der Waals surface area contributed by atoms with Crippen molar-refractivity contribution in [1.29, 1.82) is 0 Å². The van der Waals surface area contributed by atoms with E-state index in [9.17, 15) is 4.79 Å². The number of fused-ring (bicyclic) bond motifs is 1. The molecule has 0 radical (unpaired) electrons. The third-order valence-corrected chi connectivity index (χ3v) is 6.06. The second-order valence-electron chi connectivity index (χ2n) is 5.76. The van der Waals surface area contributed by atoms with E-state index in [2.05, 4.69) is 21.3 Å². The third kappa shape index (κ3) is 2.87. The summed E-state index contributed by atoms with van der Waals surface area (Å²) < 4.78 is 1.19. The lowest BCUT2D eigenvalue weighted by Crippen LogP contribution is -2.52. The molecule has 6 heteroatoms. The standard InChI is InChI=1S/C18H17N3OS2/c1-23-15-8-4-2-6-13(15)19-17(22)12-10-21(11-12)18-20-14-7-3-5-9-16(14)24-18/h2-9,12H,10-11H2,1H3,(H,19,22). The minimum atomic E-state index is 0.0203. The second kappa shape index (κ2) is 6.45. The van der Waals surface area contributed by atoms with Crippen LogP contribution in [-0.4, -0.2) is 30.2 Å². The fourth-order valence-electron chi connectivity index (χ4n) is 2.78. The number of nitrogens with one attached hydrogen (secondary N) is 1. The maximum atomic E-state index is 12.4. The summed E-state index contributed by atoms with van der Waals surface area (Å²) in [4.78, 5) is 20.4. The molecule has 0 aliphatic carbocycles. The Balaban J connectivity index is 1.40. The van der Waals surface area contributed by atoms with Crippen molar-refractivity contribution < 1.29 is 4.79 Å². The Morgan fingerprint density at radius 3 is 2.75 bits per heavy atom. The molecule has 3 aromatic rings. The molecule has 0 atom stereocenters. The number of thiazole rings is 1. The van der Waals surface area contributed by atoms with Gasteiger partial charge < -0.3 is 10.2 Å². The van der Waals surface area contributed by atoms with Crippen LogP contribution in [0.3, 0.4) is 0 Å². The molecule has 2 aromatic carbocycles. The van der Waals surface area contributed by atoms with E-state index in [1.165, 1.54) is 4.70 Å². The third-order valence-electron chi connectivity index (χ3n) is 4.17. The summed E-state index contributed by atoms with van der Waals surface area (Å²) in [5, 5.41) is 4.06. The lowest BCUT2D eigenvalue weighted by atomic mass is 10.00. The van der Waals surface area contributed by atoms with Crippen molar-refractivity contribution >= 4 is 50.0 Å². The van der Waals surface area contributed by atoms with E-state index in [1.54, 1.807) is 23.1 Å². The molecule has 122 valence electrons. The van der Waals surface area contributed by atoms with E-state index in [1.807, 2.05) is 48.7 Å². The van der Waals surface area contributed by atoms with Crippen molar-refractivity contribution in [2.24, 2.45) is 5.92 Å². The summed E-state index contributed by atoms with van der Waals surface area (Å²) in [7, 11) is 0. The van der Waals surface area contributed by atoms with Gasteiger partial charge >= 0.3 is 0 Å². The first-order valence-corrected chi connectivity index (χ1v) is 9.83. The topological polar surface area (TPSA) is 45.2 Å². The summed E-state index contributed by atoms with van der Waals surface area (Å²) in [5.74, 6) is 0.112. The molecular weight excluding hydrogens is 338 g/mol. The largest absolute Gasteiger partial charge is 0.346 e. The highest BCUT2D eigenvalue weighted by Crippen LogP contribution is 2.33. The maximum absolute atomic E-state index is 12.4. The number of thioether (sulfide) groups is 1. The van der Waals surface area contributed by atoms with Crippen molar-refractivity contribution in [2.75, 3.05) is 29.6 Å². The zero-order chi connectivity index (χ0) is 16.5. The molecule has 0 bridgehead atoms. The minimum absolute atomic E-state index is 0.0203. The number of hydrogen-bond acceptors (Lipinski definition) is 5. The summed E-state index contributed by atoms with van der Waals surface area (Å²) in [5.41, 5.74) is 1.92. The van der Waals surface area contributed by atoms with Crippen LogP contribution in [0.1, 0.15) is 0 Å². The van der Waals surface area contributed by atoms with Crippen LogP contribution in [0.15, 0.2) is 53.4 Å². The number of carbonyl (C=O) groups excluding carboxylic acids is 1. The molecule has 1 aromatic heterocycles. The van der Waals surface area contributed by atoms with Gasteiger partial charge in [0.1, 0.15) is 0 Å². The van der Waals surface area contributed by atoms with E-state index in [4.69, 9.17) is 0 Å². The summed E-state index contributed by atoms with van der Waals surface area (Å²) in [6.45, 7) is 1.46. The van der Waals surface area contributed by atoms with Crippen LogP contribution in [0.5, 0.6) is 0 Å². The van der Waals surface area contributed by atoms with Crippen molar-refractivity contribution in [3.8, 4) is 0 Å². The van der Waals surface area contributed by atoms with Gasteiger partial charge in [-0.05, 0) is 30.5 Å². The van der Waals surface area contributed by atoms with Crippen molar-refractivity contribution in [2.45, 2.75) is 4.90 Å². The number of carbonyl (C=O) groups is 1. The number of para-hydroxylation sites is 2. The van der Waals surface area contributed by atoms with E-state index >= 15 is 0 Å². The van der Waals surface area contributed by atoms with Gasteiger partial charge in [-0.3, -0.25) is 4.79 Å². The molecule has 0 unspecified atom stereocenters. The second-order valence-corrected chi connectivity index (χ2v) is 7.61. The van der Waals surface area contributed by atoms with Gasteiger partial charge in [0.15, 0.2) is 5.13 Å². The molecule has 1 aliphatic heterocycles. The van der Waals surface area contributed by atoms with Gasteiger partial charge in [-0.15, -0.1) is 11.8 Å². The van der Waals surface area contributed by atoms with E-state index in [0.717, 1.165) is 34.3 Å². The number of anilines is 2. The highest BCUT2D eigenvalue weighted by molar-refractivity contribution is 7.98. The Morgan fingerprint density at radius 2 is 1.96 bits per heavy atom. The monoisotopic (exact) mass is 355 g/mol. The number of rotatable bonds is 4.